The summed E-state index contributed by atoms with van der Waals surface area (Å²) in [7, 11) is 0. The molecule has 2 rings (SSSR count). The highest BCUT2D eigenvalue weighted by Gasteiger charge is 2.13. The SMILES string of the molecule is Cc1cc(C)n(Cc2cc(C(=O)NN)no2)c(=O)n1. The maximum Gasteiger partial charge on any atom is 0.348 e. The Morgan fingerprint density at radius 1 is 1.47 bits per heavy atom. The third kappa shape index (κ3) is 2.68. The number of nitrogens with two attached hydrogens (primary N) is 1. The van der Waals surface area contributed by atoms with Crippen LogP contribution in [0, 0.1) is 13.8 Å². The summed E-state index contributed by atoms with van der Waals surface area (Å²) in [5, 5.41) is 3.56. The standard InChI is InChI=1S/C11H13N5O3/c1-6-3-7(2)16(11(18)13-6)5-8-4-9(15-19-8)10(17)14-12/h3-4H,5,12H2,1-2H3,(H,14,17). The second-order valence-corrected chi connectivity index (χ2v) is 4.06. The van der Waals surface area contributed by atoms with Gasteiger partial charge in [0.05, 0.1) is 6.54 Å². The van der Waals surface area contributed by atoms with E-state index in [4.69, 9.17) is 10.4 Å². The number of nitrogens with zero attached hydrogens (tertiary/aromatic N) is 3. The van der Waals surface area contributed by atoms with Crippen molar-refractivity contribution < 1.29 is 9.32 Å². The van der Waals surface area contributed by atoms with Gasteiger partial charge in [0.1, 0.15) is 0 Å². The Labute approximate surface area is 108 Å². The van der Waals surface area contributed by atoms with E-state index in [-0.39, 0.29) is 17.9 Å². The molecule has 0 bridgehead atoms. The summed E-state index contributed by atoms with van der Waals surface area (Å²) in [6, 6.07) is 3.21. The number of amides is 1. The number of aryl methyl sites for hydroxylation is 2. The lowest BCUT2D eigenvalue weighted by Crippen LogP contribution is -2.30. The summed E-state index contributed by atoms with van der Waals surface area (Å²) in [5.74, 6) is 4.80. The molecular weight excluding hydrogens is 250 g/mol. The number of nitrogen functional groups attached to an aromatic ring is 1. The lowest BCUT2D eigenvalue weighted by atomic mass is 10.3. The Hall–Kier alpha value is -2.48. The van der Waals surface area contributed by atoms with E-state index in [1.165, 1.54) is 10.6 Å². The van der Waals surface area contributed by atoms with E-state index in [0.717, 1.165) is 5.69 Å². The number of hydrogen-bond acceptors (Lipinski definition) is 6. The van der Waals surface area contributed by atoms with Crippen molar-refractivity contribution in [2.75, 3.05) is 0 Å². The molecule has 0 fully saturated rings. The van der Waals surface area contributed by atoms with E-state index < -0.39 is 5.91 Å². The van der Waals surface area contributed by atoms with Crippen LogP contribution < -0.4 is 17.0 Å². The first kappa shape index (κ1) is 13.0. The molecule has 0 aliphatic carbocycles. The van der Waals surface area contributed by atoms with Gasteiger partial charge in [0, 0.05) is 17.5 Å². The molecular formula is C11H13N5O3. The summed E-state index contributed by atoms with van der Waals surface area (Å²) >= 11 is 0. The Balaban J connectivity index is 2.29. The number of nitrogens with one attached hydrogen (secondary N) is 1. The van der Waals surface area contributed by atoms with E-state index in [0.29, 0.717) is 11.5 Å². The number of rotatable bonds is 3. The lowest BCUT2D eigenvalue weighted by Gasteiger charge is -2.06. The minimum Gasteiger partial charge on any atom is -0.359 e. The normalized spacial score (nSPS) is 10.5. The fourth-order valence-corrected chi connectivity index (χ4v) is 1.69. The number of hydrazine groups is 1. The Bertz CT molecular complexity index is 673. The molecule has 0 atom stereocenters. The topological polar surface area (TPSA) is 116 Å². The molecule has 0 aliphatic heterocycles. The quantitative estimate of drug-likeness (QED) is 0.438. The van der Waals surface area contributed by atoms with Crippen LogP contribution >= 0.6 is 0 Å². The molecule has 19 heavy (non-hydrogen) atoms. The van der Waals surface area contributed by atoms with Crippen molar-refractivity contribution in [3.8, 4) is 0 Å². The summed E-state index contributed by atoms with van der Waals surface area (Å²) in [6.07, 6.45) is 0. The van der Waals surface area contributed by atoms with Crippen molar-refractivity contribution in [1.82, 2.24) is 20.1 Å². The van der Waals surface area contributed by atoms with Gasteiger partial charge in [-0.15, -0.1) is 0 Å². The molecule has 8 heteroatoms. The average molecular weight is 263 g/mol. The van der Waals surface area contributed by atoms with Crippen LogP contribution in [0.2, 0.25) is 0 Å². The first-order valence-corrected chi connectivity index (χ1v) is 5.53. The molecule has 0 aliphatic rings. The largest absolute Gasteiger partial charge is 0.359 e. The Morgan fingerprint density at radius 3 is 2.84 bits per heavy atom. The van der Waals surface area contributed by atoms with Crippen LogP contribution in [0.15, 0.2) is 21.5 Å². The molecule has 8 nitrogen and oxygen atoms in total. The van der Waals surface area contributed by atoms with E-state index in [1.807, 2.05) is 5.43 Å². The molecule has 1 amide bonds. The van der Waals surface area contributed by atoms with Crippen LogP contribution in [0.5, 0.6) is 0 Å². The van der Waals surface area contributed by atoms with E-state index >= 15 is 0 Å². The molecule has 2 aromatic rings. The van der Waals surface area contributed by atoms with Crippen LogP contribution in [0.3, 0.4) is 0 Å². The highest BCUT2D eigenvalue weighted by molar-refractivity contribution is 5.91. The van der Waals surface area contributed by atoms with Gasteiger partial charge in [0.25, 0.3) is 5.91 Å². The van der Waals surface area contributed by atoms with Gasteiger partial charge in [-0.1, -0.05) is 5.16 Å². The van der Waals surface area contributed by atoms with Crippen molar-refractivity contribution >= 4 is 5.91 Å². The number of aromatic nitrogens is 3. The predicted octanol–water partition coefficient (Wildman–Crippen LogP) is -0.500. The molecule has 0 spiro atoms. The fourth-order valence-electron chi connectivity index (χ4n) is 1.69. The van der Waals surface area contributed by atoms with Crippen molar-refractivity contribution in [1.29, 1.82) is 0 Å². The molecule has 3 N–H and O–H groups in total. The van der Waals surface area contributed by atoms with Crippen molar-refractivity contribution in [2.45, 2.75) is 20.4 Å². The molecule has 2 heterocycles. The van der Waals surface area contributed by atoms with Crippen LogP contribution in [-0.2, 0) is 6.54 Å². The number of carbonyl (C=O) groups excluding carboxylic acids is 1. The number of carbonyl (C=O) groups is 1. The highest BCUT2D eigenvalue weighted by atomic mass is 16.5. The van der Waals surface area contributed by atoms with Gasteiger partial charge in [-0.05, 0) is 19.9 Å². The molecule has 0 radical (unpaired) electrons. The first-order valence-electron chi connectivity index (χ1n) is 5.53. The zero-order valence-corrected chi connectivity index (χ0v) is 10.5. The van der Waals surface area contributed by atoms with Gasteiger partial charge < -0.3 is 4.52 Å². The lowest BCUT2D eigenvalue weighted by molar-refractivity contribution is 0.0944. The van der Waals surface area contributed by atoms with Gasteiger partial charge >= 0.3 is 5.69 Å². The maximum absolute atomic E-state index is 11.8. The molecule has 0 aromatic carbocycles. The minimum absolute atomic E-state index is 0.0586. The summed E-state index contributed by atoms with van der Waals surface area (Å²) in [5.41, 5.74) is 3.03. The van der Waals surface area contributed by atoms with Gasteiger partial charge in [-0.25, -0.2) is 10.6 Å². The van der Waals surface area contributed by atoms with E-state index in [1.54, 1.807) is 19.9 Å². The third-order valence-corrected chi connectivity index (χ3v) is 2.58. The van der Waals surface area contributed by atoms with Gasteiger partial charge in [-0.2, -0.15) is 4.98 Å². The zero-order valence-electron chi connectivity index (χ0n) is 10.5. The minimum atomic E-state index is -0.555. The summed E-state index contributed by atoms with van der Waals surface area (Å²) < 4.78 is 6.41. The Morgan fingerprint density at radius 2 is 2.21 bits per heavy atom. The van der Waals surface area contributed by atoms with Crippen LogP contribution in [-0.4, -0.2) is 20.6 Å². The predicted molar refractivity (Wildman–Crippen MR) is 65.2 cm³/mol. The molecule has 0 unspecified atom stereocenters. The second kappa shape index (κ2) is 5.02. The maximum atomic E-state index is 11.8. The second-order valence-electron chi connectivity index (χ2n) is 4.06. The molecule has 100 valence electrons. The summed E-state index contributed by atoms with van der Waals surface area (Å²) in [4.78, 5) is 26.8. The van der Waals surface area contributed by atoms with Crippen LogP contribution in [0.4, 0.5) is 0 Å². The van der Waals surface area contributed by atoms with Crippen molar-refractivity contribution in [3.05, 3.63) is 45.5 Å². The van der Waals surface area contributed by atoms with Crippen LogP contribution in [0.1, 0.15) is 27.6 Å². The fraction of sp³-hybridized carbons (Fsp3) is 0.273. The molecule has 2 aromatic heterocycles. The van der Waals surface area contributed by atoms with E-state index in [9.17, 15) is 9.59 Å². The smallest absolute Gasteiger partial charge is 0.348 e. The molecule has 0 saturated carbocycles. The van der Waals surface area contributed by atoms with E-state index in [2.05, 4.69) is 10.1 Å². The molecule has 0 saturated heterocycles. The van der Waals surface area contributed by atoms with Gasteiger partial charge in [-0.3, -0.25) is 14.8 Å². The monoisotopic (exact) mass is 263 g/mol. The highest BCUT2D eigenvalue weighted by Crippen LogP contribution is 2.06. The Kier molecular flexibility index (Phi) is 3.43. The number of hydrogen-bond donors (Lipinski definition) is 2. The first-order chi connectivity index (χ1) is 9.01. The van der Waals surface area contributed by atoms with Crippen LogP contribution in [0.25, 0.3) is 0 Å². The zero-order chi connectivity index (χ0) is 14.0. The summed E-state index contributed by atoms with van der Waals surface area (Å²) in [6.45, 7) is 3.69. The van der Waals surface area contributed by atoms with Gasteiger partial charge in [0.2, 0.25) is 0 Å². The average Bonchev–Trinajstić information content (AvgIpc) is 2.81. The van der Waals surface area contributed by atoms with Gasteiger partial charge in [0.15, 0.2) is 11.5 Å². The van der Waals surface area contributed by atoms with Crippen molar-refractivity contribution in [3.63, 3.8) is 0 Å². The van der Waals surface area contributed by atoms with Crippen molar-refractivity contribution in [2.24, 2.45) is 5.84 Å². The third-order valence-electron chi connectivity index (χ3n) is 2.58.